The molecule has 6 nitrogen and oxygen atoms in total. The van der Waals surface area contributed by atoms with Crippen LogP contribution in [0.1, 0.15) is 189 Å². The van der Waals surface area contributed by atoms with Gasteiger partial charge in [0.2, 0.25) is 0 Å². The third-order valence-corrected chi connectivity index (χ3v) is 11.8. The highest BCUT2D eigenvalue weighted by atomic mass is 16.5. The van der Waals surface area contributed by atoms with Gasteiger partial charge in [0.15, 0.2) is 0 Å². The van der Waals surface area contributed by atoms with Gasteiger partial charge < -0.3 is 19.1 Å². The Morgan fingerprint density at radius 3 is 1.60 bits per heavy atom. The minimum atomic E-state index is -0.0427. The number of methoxy groups -OCH3 is 1. The van der Waals surface area contributed by atoms with Crippen molar-refractivity contribution in [3.05, 3.63) is 0 Å². The maximum Gasteiger partial charge on any atom is 0.305 e. The van der Waals surface area contributed by atoms with Crippen LogP contribution in [-0.2, 0) is 23.8 Å². The summed E-state index contributed by atoms with van der Waals surface area (Å²) in [6.45, 7) is 16.6. The Labute approximate surface area is 297 Å². The Bertz CT molecular complexity index is 861. The van der Waals surface area contributed by atoms with Crippen LogP contribution in [0.25, 0.3) is 0 Å². The number of fused-ring (bicyclic) bond motifs is 2. The van der Waals surface area contributed by atoms with Gasteiger partial charge in [-0.25, -0.2) is 0 Å². The molecule has 2 bridgehead atoms. The SMILES string of the molecule is CCCCCCCCCCCCC(=O)OCCCC12CC(CC(C)(CCCOC)C1)CC(C)(CCCOC(=O)CCCN(CC)CC)C2. The summed E-state index contributed by atoms with van der Waals surface area (Å²) in [4.78, 5) is 27.3. The van der Waals surface area contributed by atoms with Crippen molar-refractivity contribution in [3.63, 3.8) is 0 Å². The molecule has 0 spiro atoms. The molecule has 0 aromatic rings. The maximum absolute atomic E-state index is 12.5. The highest BCUT2D eigenvalue weighted by Gasteiger charge is 2.52. The van der Waals surface area contributed by atoms with Gasteiger partial charge in [-0.2, -0.15) is 0 Å². The lowest BCUT2D eigenvalue weighted by atomic mass is 9.47. The van der Waals surface area contributed by atoms with E-state index in [-0.39, 0.29) is 17.4 Å². The number of hydrogen-bond acceptors (Lipinski definition) is 6. The van der Waals surface area contributed by atoms with E-state index >= 15 is 0 Å². The molecule has 282 valence electrons. The number of ether oxygens (including phenoxy) is 3. The van der Waals surface area contributed by atoms with Crippen LogP contribution in [-0.4, -0.2) is 63.4 Å². The lowest BCUT2D eigenvalue weighted by Gasteiger charge is -2.58. The molecule has 0 aromatic carbocycles. The van der Waals surface area contributed by atoms with Crippen LogP contribution in [0.15, 0.2) is 0 Å². The molecule has 2 saturated carbocycles. The van der Waals surface area contributed by atoms with Crippen LogP contribution in [0, 0.1) is 22.2 Å². The van der Waals surface area contributed by atoms with E-state index in [0.717, 1.165) is 83.5 Å². The summed E-state index contributed by atoms with van der Waals surface area (Å²) in [6, 6.07) is 0. The molecule has 0 aromatic heterocycles. The molecule has 0 N–H and O–H groups in total. The molecule has 2 fully saturated rings. The van der Waals surface area contributed by atoms with Gasteiger partial charge >= 0.3 is 11.9 Å². The van der Waals surface area contributed by atoms with Crippen molar-refractivity contribution in [2.24, 2.45) is 22.2 Å². The Balaban J connectivity index is 1.79. The number of esters is 2. The van der Waals surface area contributed by atoms with Gasteiger partial charge in [0.05, 0.1) is 13.2 Å². The summed E-state index contributed by atoms with van der Waals surface area (Å²) in [7, 11) is 1.81. The predicted molar refractivity (Wildman–Crippen MR) is 200 cm³/mol. The molecule has 2 rings (SSSR count). The monoisotopic (exact) mass is 678 g/mol. The molecule has 48 heavy (non-hydrogen) atoms. The summed E-state index contributed by atoms with van der Waals surface area (Å²) in [6.07, 6.45) is 27.7. The van der Waals surface area contributed by atoms with Crippen molar-refractivity contribution < 1.29 is 23.8 Å². The molecule has 4 atom stereocenters. The van der Waals surface area contributed by atoms with Crippen molar-refractivity contribution >= 4 is 11.9 Å². The minimum absolute atomic E-state index is 0.00549. The van der Waals surface area contributed by atoms with Crippen LogP contribution >= 0.6 is 0 Å². The zero-order chi connectivity index (χ0) is 35.1. The third-order valence-electron chi connectivity index (χ3n) is 11.8. The first-order chi connectivity index (χ1) is 23.1. The summed E-state index contributed by atoms with van der Waals surface area (Å²) >= 11 is 0. The number of carbonyl (C=O) groups is 2. The number of nitrogens with zero attached hydrogens (tertiary/aromatic N) is 1. The Kier molecular flexibility index (Phi) is 21.6. The normalized spacial score (nSPS) is 25.4. The lowest BCUT2D eigenvalue weighted by Crippen LogP contribution is -2.47. The molecular formula is C42H79NO5. The first kappa shape index (κ1) is 43.0. The predicted octanol–water partition coefficient (Wildman–Crippen LogP) is 11.1. The minimum Gasteiger partial charge on any atom is -0.466 e. The molecule has 4 unspecified atom stereocenters. The molecule has 0 saturated heterocycles. The van der Waals surface area contributed by atoms with E-state index < -0.39 is 0 Å². The van der Waals surface area contributed by atoms with Gasteiger partial charge in [0.25, 0.3) is 0 Å². The number of hydrogen-bond donors (Lipinski definition) is 0. The van der Waals surface area contributed by atoms with Crippen LogP contribution in [0.2, 0.25) is 0 Å². The quantitative estimate of drug-likeness (QED) is 0.0580. The molecule has 2 aliphatic carbocycles. The highest BCUT2D eigenvalue weighted by Crippen LogP contribution is 2.63. The van der Waals surface area contributed by atoms with E-state index in [9.17, 15) is 9.59 Å². The van der Waals surface area contributed by atoms with Crippen molar-refractivity contribution in [3.8, 4) is 0 Å². The number of carbonyl (C=O) groups excluding carboxylic acids is 2. The van der Waals surface area contributed by atoms with E-state index in [1.807, 2.05) is 7.11 Å². The summed E-state index contributed by atoms with van der Waals surface area (Å²) < 4.78 is 16.9. The summed E-state index contributed by atoms with van der Waals surface area (Å²) in [5.41, 5.74) is 0.940. The van der Waals surface area contributed by atoms with Gasteiger partial charge in [-0.15, -0.1) is 0 Å². The third kappa shape index (κ3) is 17.7. The molecule has 0 heterocycles. The van der Waals surface area contributed by atoms with Crippen molar-refractivity contribution in [2.75, 3.05) is 46.6 Å². The van der Waals surface area contributed by atoms with Gasteiger partial charge in [-0.1, -0.05) is 92.4 Å². The fourth-order valence-corrected chi connectivity index (χ4v) is 9.89. The molecule has 0 aliphatic heterocycles. The second kappa shape index (κ2) is 24.1. The van der Waals surface area contributed by atoms with E-state index in [4.69, 9.17) is 14.2 Å². The van der Waals surface area contributed by atoms with Gasteiger partial charge in [-0.05, 0) is 125 Å². The van der Waals surface area contributed by atoms with Crippen molar-refractivity contribution in [1.29, 1.82) is 0 Å². The van der Waals surface area contributed by atoms with Crippen molar-refractivity contribution in [1.82, 2.24) is 4.90 Å². The van der Waals surface area contributed by atoms with E-state index in [2.05, 4.69) is 39.5 Å². The van der Waals surface area contributed by atoms with Gasteiger partial charge in [-0.3, -0.25) is 9.59 Å². The average Bonchev–Trinajstić information content (AvgIpc) is 3.04. The Morgan fingerprint density at radius 1 is 0.604 bits per heavy atom. The van der Waals surface area contributed by atoms with E-state index in [0.29, 0.717) is 36.9 Å². The topological polar surface area (TPSA) is 65.1 Å². The first-order valence-corrected chi connectivity index (χ1v) is 20.6. The molecule has 0 amide bonds. The lowest BCUT2D eigenvalue weighted by molar-refractivity contribution is -0.144. The van der Waals surface area contributed by atoms with Gasteiger partial charge in [0, 0.05) is 26.6 Å². The highest BCUT2D eigenvalue weighted by molar-refractivity contribution is 5.69. The number of unbranched alkanes of at least 4 members (excludes halogenated alkanes) is 9. The summed E-state index contributed by atoms with van der Waals surface area (Å²) in [5.74, 6) is 0.694. The fourth-order valence-electron chi connectivity index (χ4n) is 9.89. The average molecular weight is 678 g/mol. The van der Waals surface area contributed by atoms with Crippen LogP contribution < -0.4 is 0 Å². The van der Waals surface area contributed by atoms with Crippen LogP contribution in [0.4, 0.5) is 0 Å². The second-order valence-electron chi connectivity index (χ2n) is 16.8. The Hall–Kier alpha value is -1.14. The van der Waals surface area contributed by atoms with E-state index in [1.54, 1.807) is 0 Å². The zero-order valence-electron chi connectivity index (χ0n) is 32.8. The molecule has 2 aliphatic rings. The maximum atomic E-state index is 12.5. The first-order valence-electron chi connectivity index (χ1n) is 20.6. The fraction of sp³-hybridized carbons (Fsp3) is 0.952. The number of rotatable bonds is 29. The molecule has 6 heteroatoms. The van der Waals surface area contributed by atoms with E-state index in [1.165, 1.54) is 89.9 Å². The smallest absolute Gasteiger partial charge is 0.305 e. The summed E-state index contributed by atoms with van der Waals surface area (Å²) in [5, 5.41) is 0. The molecule has 0 radical (unpaired) electrons. The molecular weight excluding hydrogens is 598 g/mol. The zero-order valence-corrected chi connectivity index (χ0v) is 32.8. The van der Waals surface area contributed by atoms with Crippen LogP contribution in [0.5, 0.6) is 0 Å². The van der Waals surface area contributed by atoms with Crippen LogP contribution in [0.3, 0.4) is 0 Å². The standard InChI is InChI=1S/C42H79NO5/c1-7-10-11-12-13-14-15-16-17-18-23-38(44)48-31-22-27-42-34-37(32-40(4,35-42)25-20-29-46-6)33-41(5,36-42)26-21-30-47-39(45)24-19-28-43(8-2)9-3/h37H,7-36H2,1-6H3. The largest absolute Gasteiger partial charge is 0.466 e. The Morgan fingerprint density at radius 2 is 1.08 bits per heavy atom. The van der Waals surface area contributed by atoms with Gasteiger partial charge in [0.1, 0.15) is 0 Å². The van der Waals surface area contributed by atoms with Crippen molar-refractivity contribution in [2.45, 2.75) is 189 Å². The second-order valence-corrected chi connectivity index (χ2v) is 16.8.